The van der Waals surface area contributed by atoms with Crippen LogP contribution in [0.5, 0.6) is 5.75 Å². The molecule has 0 spiro atoms. The molecule has 0 bridgehead atoms. The summed E-state index contributed by atoms with van der Waals surface area (Å²) in [5, 5.41) is 0. The van der Waals surface area contributed by atoms with E-state index in [1.807, 2.05) is 24.3 Å². The lowest BCUT2D eigenvalue weighted by molar-refractivity contribution is 0.415. The third-order valence-corrected chi connectivity index (χ3v) is 2.39. The largest absolute Gasteiger partial charge is 0.497 e. The van der Waals surface area contributed by atoms with Crippen molar-refractivity contribution in [2.75, 3.05) is 7.11 Å². The van der Waals surface area contributed by atoms with E-state index in [4.69, 9.17) is 9.15 Å². The first kappa shape index (κ1) is 10.7. The zero-order valence-corrected chi connectivity index (χ0v) is 9.73. The van der Waals surface area contributed by atoms with E-state index in [9.17, 15) is 0 Å². The SMILES string of the molecule is COc1ccc(-c2cnc(C(C)C)o2)cc1. The van der Waals surface area contributed by atoms with E-state index >= 15 is 0 Å². The van der Waals surface area contributed by atoms with Gasteiger partial charge < -0.3 is 9.15 Å². The second-order valence-electron chi connectivity index (χ2n) is 3.95. The van der Waals surface area contributed by atoms with Crippen LogP contribution in [0.15, 0.2) is 34.9 Å². The van der Waals surface area contributed by atoms with Crippen molar-refractivity contribution < 1.29 is 9.15 Å². The number of hydrogen-bond donors (Lipinski definition) is 0. The average Bonchev–Trinajstić information content (AvgIpc) is 2.78. The topological polar surface area (TPSA) is 35.3 Å². The molecule has 0 aliphatic heterocycles. The van der Waals surface area contributed by atoms with Crippen LogP contribution in [0.2, 0.25) is 0 Å². The summed E-state index contributed by atoms with van der Waals surface area (Å²) in [6.45, 7) is 4.12. The van der Waals surface area contributed by atoms with Gasteiger partial charge in [0.05, 0.1) is 13.3 Å². The van der Waals surface area contributed by atoms with Crippen molar-refractivity contribution in [3.63, 3.8) is 0 Å². The van der Waals surface area contributed by atoms with Gasteiger partial charge in [-0.2, -0.15) is 0 Å². The summed E-state index contributed by atoms with van der Waals surface area (Å²) in [6.07, 6.45) is 1.76. The molecular weight excluding hydrogens is 202 g/mol. The van der Waals surface area contributed by atoms with Crippen molar-refractivity contribution in [2.24, 2.45) is 0 Å². The Balaban J connectivity index is 2.28. The minimum absolute atomic E-state index is 0.312. The highest BCUT2D eigenvalue weighted by Gasteiger charge is 2.09. The lowest BCUT2D eigenvalue weighted by Crippen LogP contribution is -1.84. The summed E-state index contributed by atoms with van der Waals surface area (Å²) >= 11 is 0. The number of oxazole rings is 1. The Bertz CT molecular complexity index is 457. The van der Waals surface area contributed by atoms with Gasteiger partial charge in [-0.25, -0.2) is 4.98 Å². The molecule has 2 rings (SSSR count). The second-order valence-corrected chi connectivity index (χ2v) is 3.95. The molecule has 16 heavy (non-hydrogen) atoms. The molecule has 0 aliphatic rings. The van der Waals surface area contributed by atoms with Crippen LogP contribution in [0.25, 0.3) is 11.3 Å². The molecule has 1 aromatic heterocycles. The van der Waals surface area contributed by atoms with Crippen LogP contribution in [0.3, 0.4) is 0 Å². The summed E-state index contributed by atoms with van der Waals surface area (Å²) in [5.74, 6) is 2.72. The van der Waals surface area contributed by atoms with E-state index in [0.29, 0.717) is 5.92 Å². The van der Waals surface area contributed by atoms with E-state index in [2.05, 4.69) is 18.8 Å². The molecule has 1 heterocycles. The summed E-state index contributed by atoms with van der Waals surface area (Å²) in [5.41, 5.74) is 1.01. The lowest BCUT2D eigenvalue weighted by Gasteiger charge is -2.00. The Kier molecular flexibility index (Phi) is 2.95. The van der Waals surface area contributed by atoms with Gasteiger partial charge >= 0.3 is 0 Å². The first-order chi connectivity index (χ1) is 7.70. The number of methoxy groups -OCH3 is 1. The summed E-state index contributed by atoms with van der Waals surface area (Å²) in [4.78, 5) is 4.24. The molecule has 0 fully saturated rings. The van der Waals surface area contributed by atoms with Gasteiger partial charge in [-0.05, 0) is 24.3 Å². The molecule has 2 aromatic rings. The molecule has 0 atom stereocenters. The minimum Gasteiger partial charge on any atom is -0.497 e. The van der Waals surface area contributed by atoms with E-state index in [1.54, 1.807) is 13.3 Å². The van der Waals surface area contributed by atoms with Crippen LogP contribution < -0.4 is 4.74 Å². The lowest BCUT2D eigenvalue weighted by atomic mass is 10.2. The minimum atomic E-state index is 0.312. The van der Waals surface area contributed by atoms with Gasteiger partial charge in [0.2, 0.25) is 0 Å². The third-order valence-electron chi connectivity index (χ3n) is 2.39. The van der Waals surface area contributed by atoms with Crippen LogP contribution in [0, 0.1) is 0 Å². The Morgan fingerprint density at radius 3 is 2.38 bits per heavy atom. The monoisotopic (exact) mass is 217 g/mol. The maximum atomic E-state index is 5.65. The van der Waals surface area contributed by atoms with Crippen molar-refractivity contribution in [3.05, 3.63) is 36.4 Å². The van der Waals surface area contributed by atoms with Crippen molar-refractivity contribution >= 4 is 0 Å². The van der Waals surface area contributed by atoms with Gasteiger partial charge in [0, 0.05) is 11.5 Å². The highest BCUT2D eigenvalue weighted by molar-refractivity contribution is 5.57. The van der Waals surface area contributed by atoms with E-state index in [-0.39, 0.29) is 0 Å². The molecule has 0 saturated heterocycles. The van der Waals surface area contributed by atoms with Gasteiger partial charge in [-0.15, -0.1) is 0 Å². The molecule has 0 radical (unpaired) electrons. The maximum Gasteiger partial charge on any atom is 0.197 e. The van der Waals surface area contributed by atoms with Gasteiger partial charge in [-0.3, -0.25) is 0 Å². The van der Waals surface area contributed by atoms with Crippen LogP contribution in [0.4, 0.5) is 0 Å². The Labute approximate surface area is 95.1 Å². The molecule has 0 N–H and O–H groups in total. The highest BCUT2D eigenvalue weighted by atomic mass is 16.5. The maximum absolute atomic E-state index is 5.65. The molecule has 3 heteroatoms. The Morgan fingerprint density at radius 1 is 1.19 bits per heavy atom. The smallest absolute Gasteiger partial charge is 0.197 e. The van der Waals surface area contributed by atoms with Crippen LogP contribution in [-0.2, 0) is 0 Å². The molecule has 0 amide bonds. The number of benzene rings is 1. The summed E-state index contributed by atoms with van der Waals surface area (Å²) in [6, 6.07) is 7.74. The molecule has 3 nitrogen and oxygen atoms in total. The average molecular weight is 217 g/mol. The van der Waals surface area contributed by atoms with Crippen molar-refractivity contribution in [3.8, 4) is 17.1 Å². The van der Waals surface area contributed by atoms with Gasteiger partial charge in [0.15, 0.2) is 11.7 Å². The molecule has 0 saturated carbocycles. The van der Waals surface area contributed by atoms with E-state index in [0.717, 1.165) is 23.0 Å². The number of aromatic nitrogens is 1. The molecule has 84 valence electrons. The fourth-order valence-electron chi connectivity index (χ4n) is 1.44. The first-order valence-electron chi connectivity index (χ1n) is 5.31. The molecular formula is C13H15NO2. The summed E-state index contributed by atoms with van der Waals surface area (Å²) < 4.78 is 10.8. The number of rotatable bonds is 3. The third kappa shape index (κ3) is 2.08. The van der Waals surface area contributed by atoms with Crippen molar-refractivity contribution in [1.82, 2.24) is 4.98 Å². The highest BCUT2D eigenvalue weighted by Crippen LogP contribution is 2.25. The standard InChI is InChI=1S/C13H15NO2/c1-9(2)13-14-8-12(16-13)10-4-6-11(15-3)7-5-10/h4-9H,1-3H3. The Morgan fingerprint density at radius 2 is 1.88 bits per heavy atom. The van der Waals surface area contributed by atoms with E-state index < -0.39 is 0 Å². The predicted octanol–water partition coefficient (Wildman–Crippen LogP) is 3.47. The van der Waals surface area contributed by atoms with Gasteiger partial charge in [-0.1, -0.05) is 13.8 Å². The van der Waals surface area contributed by atoms with Crippen LogP contribution >= 0.6 is 0 Å². The quantitative estimate of drug-likeness (QED) is 0.789. The van der Waals surface area contributed by atoms with Crippen LogP contribution in [-0.4, -0.2) is 12.1 Å². The second kappa shape index (κ2) is 4.39. The normalized spacial score (nSPS) is 10.8. The van der Waals surface area contributed by atoms with Crippen molar-refractivity contribution in [2.45, 2.75) is 19.8 Å². The van der Waals surface area contributed by atoms with Crippen LogP contribution in [0.1, 0.15) is 25.7 Å². The predicted molar refractivity (Wildman–Crippen MR) is 62.6 cm³/mol. The molecule has 0 aliphatic carbocycles. The number of nitrogens with zero attached hydrogens (tertiary/aromatic N) is 1. The number of hydrogen-bond acceptors (Lipinski definition) is 3. The van der Waals surface area contributed by atoms with Crippen molar-refractivity contribution in [1.29, 1.82) is 0 Å². The van der Waals surface area contributed by atoms with E-state index in [1.165, 1.54) is 0 Å². The zero-order valence-electron chi connectivity index (χ0n) is 9.73. The number of ether oxygens (including phenoxy) is 1. The van der Waals surface area contributed by atoms with Gasteiger partial charge in [0.1, 0.15) is 5.75 Å². The van der Waals surface area contributed by atoms with Gasteiger partial charge in [0.25, 0.3) is 0 Å². The zero-order chi connectivity index (χ0) is 11.5. The Hall–Kier alpha value is -1.77. The molecule has 0 unspecified atom stereocenters. The first-order valence-corrected chi connectivity index (χ1v) is 5.31. The summed E-state index contributed by atoms with van der Waals surface area (Å²) in [7, 11) is 1.65. The molecule has 1 aromatic carbocycles. The fraction of sp³-hybridized carbons (Fsp3) is 0.308. The fourth-order valence-corrected chi connectivity index (χ4v) is 1.44.